The van der Waals surface area contributed by atoms with Gasteiger partial charge in [-0.05, 0) is 25.8 Å². The average molecular weight is 349 g/mol. The smallest absolute Gasteiger partial charge is 0.227 e. The third-order valence-corrected chi connectivity index (χ3v) is 4.52. The van der Waals surface area contributed by atoms with Crippen molar-refractivity contribution >= 4 is 28.3 Å². The van der Waals surface area contributed by atoms with Gasteiger partial charge in [-0.15, -0.1) is 10.2 Å². The lowest BCUT2D eigenvalue weighted by Gasteiger charge is -2.36. The second-order valence-corrected chi connectivity index (χ2v) is 7.02. The predicted octanol–water partition coefficient (Wildman–Crippen LogP) is -0.300. The highest BCUT2D eigenvalue weighted by Crippen LogP contribution is 2.20. The molecular weight excluding hydrogens is 330 g/mol. The fourth-order valence-electron chi connectivity index (χ4n) is 2.62. The van der Waals surface area contributed by atoms with Crippen molar-refractivity contribution in [3.05, 3.63) is 22.5 Å². The van der Waals surface area contributed by atoms with Crippen LogP contribution < -0.4 is 16.4 Å². The maximum absolute atomic E-state index is 11.9. The van der Waals surface area contributed by atoms with Crippen LogP contribution in [-0.4, -0.2) is 44.3 Å². The van der Waals surface area contributed by atoms with Gasteiger partial charge in [0.2, 0.25) is 16.9 Å². The third-order valence-electron chi connectivity index (χ3n) is 3.76. The first kappa shape index (κ1) is 16.4. The Morgan fingerprint density at radius 1 is 1.25 bits per heavy atom. The number of anilines is 1. The summed E-state index contributed by atoms with van der Waals surface area (Å²) in [6, 6.07) is 2.03. The molecule has 2 aromatic heterocycles. The van der Waals surface area contributed by atoms with E-state index >= 15 is 0 Å². The number of aromatic nitrogens is 4. The maximum atomic E-state index is 11.9. The number of rotatable bonds is 6. The van der Waals surface area contributed by atoms with Crippen LogP contribution in [0.2, 0.25) is 0 Å². The first-order chi connectivity index (χ1) is 11.5. The second kappa shape index (κ2) is 6.95. The standard InChI is InChI=1S/C14H19N7O2S/c1-7-2-10(19-18-7)5-11(22)16-8-3-9(4-8)17-12(23)6-13-20-21-14(15)24-13/h2,8-9H,3-6H2,1H3,(H2,15,21)(H,16,22)(H,17,23)(H,18,19). The average Bonchev–Trinajstić information content (AvgIpc) is 3.05. The summed E-state index contributed by atoms with van der Waals surface area (Å²) in [5.41, 5.74) is 7.14. The number of nitrogens with one attached hydrogen (secondary N) is 3. The van der Waals surface area contributed by atoms with Crippen LogP contribution in [-0.2, 0) is 22.4 Å². The van der Waals surface area contributed by atoms with Gasteiger partial charge in [-0.3, -0.25) is 14.7 Å². The molecule has 2 amide bonds. The van der Waals surface area contributed by atoms with Gasteiger partial charge < -0.3 is 16.4 Å². The molecule has 0 radical (unpaired) electrons. The quantitative estimate of drug-likeness (QED) is 0.565. The summed E-state index contributed by atoms with van der Waals surface area (Å²) < 4.78 is 0. The van der Waals surface area contributed by atoms with E-state index in [0.717, 1.165) is 24.2 Å². The van der Waals surface area contributed by atoms with E-state index in [0.29, 0.717) is 10.1 Å². The monoisotopic (exact) mass is 349 g/mol. The lowest BCUT2D eigenvalue weighted by atomic mass is 9.86. The summed E-state index contributed by atoms with van der Waals surface area (Å²) in [5, 5.41) is 21.2. The van der Waals surface area contributed by atoms with E-state index in [1.165, 1.54) is 11.3 Å². The van der Waals surface area contributed by atoms with Crippen molar-refractivity contribution in [2.75, 3.05) is 5.73 Å². The number of carbonyl (C=O) groups excluding carboxylic acids is 2. The lowest BCUT2D eigenvalue weighted by Crippen LogP contribution is -2.54. The highest BCUT2D eigenvalue weighted by atomic mass is 32.1. The van der Waals surface area contributed by atoms with Crippen molar-refractivity contribution in [3.8, 4) is 0 Å². The molecule has 0 unspecified atom stereocenters. The molecule has 0 saturated heterocycles. The van der Waals surface area contributed by atoms with Crippen molar-refractivity contribution in [3.63, 3.8) is 0 Å². The minimum Gasteiger partial charge on any atom is -0.374 e. The van der Waals surface area contributed by atoms with E-state index in [1.54, 1.807) is 0 Å². The minimum absolute atomic E-state index is 0.0550. The van der Waals surface area contributed by atoms with Gasteiger partial charge in [0, 0.05) is 17.8 Å². The Kier molecular flexibility index (Phi) is 4.74. The van der Waals surface area contributed by atoms with Gasteiger partial charge in [-0.25, -0.2) is 0 Å². The van der Waals surface area contributed by atoms with Gasteiger partial charge >= 0.3 is 0 Å². The molecule has 1 aliphatic carbocycles. The summed E-state index contributed by atoms with van der Waals surface area (Å²) in [5.74, 6) is -0.159. The van der Waals surface area contributed by atoms with Gasteiger partial charge in [0.05, 0.1) is 18.5 Å². The largest absolute Gasteiger partial charge is 0.374 e. The lowest BCUT2D eigenvalue weighted by molar-refractivity contribution is -0.122. The van der Waals surface area contributed by atoms with Crippen LogP contribution in [0.25, 0.3) is 0 Å². The first-order valence-electron chi connectivity index (χ1n) is 7.65. The topological polar surface area (TPSA) is 139 Å². The molecule has 0 aromatic carbocycles. The number of hydrogen-bond donors (Lipinski definition) is 4. The van der Waals surface area contributed by atoms with Crippen LogP contribution in [0, 0.1) is 6.92 Å². The summed E-state index contributed by atoms with van der Waals surface area (Å²) >= 11 is 1.21. The molecule has 0 spiro atoms. The Morgan fingerprint density at radius 3 is 2.46 bits per heavy atom. The minimum atomic E-state index is -0.104. The number of aromatic amines is 1. The van der Waals surface area contributed by atoms with E-state index in [2.05, 4.69) is 31.0 Å². The van der Waals surface area contributed by atoms with E-state index < -0.39 is 0 Å². The van der Waals surface area contributed by atoms with Crippen LogP contribution in [0.3, 0.4) is 0 Å². The van der Waals surface area contributed by atoms with Crippen LogP contribution in [0.15, 0.2) is 6.07 Å². The Bertz CT molecular complexity index is 675. The fraction of sp³-hybridized carbons (Fsp3) is 0.500. The summed E-state index contributed by atoms with van der Waals surface area (Å²) in [4.78, 5) is 23.8. The summed E-state index contributed by atoms with van der Waals surface area (Å²) in [7, 11) is 0. The predicted molar refractivity (Wildman–Crippen MR) is 88.1 cm³/mol. The first-order valence-corrected chi connectivity index (χ1v) is 8.47. The Labute approximate surface area is 142 Å². The highest BCUT2D eigenvalue weighted by Gasteiger charge is 2.31. The van der Waals surface area contributed by atoms with E-state index in [4.69, 9.17) is 5.73 Å². The number of hydrogen-bond acceptors (Lipinski definition) is 7. The number of carbonyl (C=O) groups is 2. The molecular formula is C14H19N7O2S. The third kappa shape index (κ3) is 4.28. The number of nitrogen functional groups attached to an aromatic ring is 1. The molecule has 1 saturated carbocycles. The number of H-pyrrole nitrogens is 1. The van der Waals surface area contributed by atoms with Crippen molar-refractivity contribution in [2.45, 2.75) is 44.7 Å². The molecule has 128 valence electrons. The Balaban J connectivity index is 1.35. The fourth-order valence-corrected chi connectivity index (χ4v) is 3.22. The van der Waals surface area contributed by atoms with Crippen LogP contribution in [0.5, 0.6) is 0 Å². The summed E-state index contributed by atoms with van der Waals surface area (Å²) in [6.07, 6.45) is 1.90. The van der Waals surface area contributed by atoms with Gasteiger partial charge in [0.15, 0.2) is 0 Å². The zero-order valence-corrected chi connectivity index (χ0v) is 14.0. The van der Waals surface area contributed by atoms with Gasteiger partial charge in [0.25, 0.3) is 0 Å². The highest BCUT2D eigenvalue weighted by molar-refractivity contribution is 7.15. The zero-order chi connectivity index (χ0) is 17.1. The van der Waals surface area contributed by atoms with E-state index in [-0.39, 0.29) is 36.7 Å². The number of nitrogens with two attached hydrogens (primary N) is 1. The molecule has 0 aliphatic heterocycles. The number of aryl methyl sites for hydroxylation is 1. The molecule has 5 N–H and O–H groups in total. The van der Waals surface area contributed by atoms with Crippen molar-refractivity contribution in [1.82, 2.24) is 31.0 Å². The van der Waals surface area contributed by atoms with Gasteiger partial charge in [-0.1, -0.05) is 11.3 Å². The van der Waals surface area contributed by atoms with Crippen molar-refractivity contribution in [2.24, 2.45) is 0 Å². The van der Waals surface area contributed by atoms with Crippen molar-refractivity contribution < 1.29 is 9.59 Å². The zero-order valence-electron chi connectivity index (χ0n) is 13.2. The maximum Gasteiger partial charge on any atom is 0.227 e. The van der Waals surface area contributed by atoms with E-state index in [1.807, 2.05) is 13.0 Å². The molecule has 1 fully saturated rings. The van der Waals surface area contributed by atoms with E-state index in [9.17, 15) is 9.59 Å². The molecule has 3 rings (SSSR count). The van der Waals surface area contributed by atoms with Crippen molar-refractivity contribution in [1.29, 1.82) is 0 Å². The van der Waals surface area contributed by atoms with Gasteiger partial charge in [-0.2, -0.15) is 5.10 Å². The SMILES string of the molecule is Cc1cc(CC(=O)NC2CC(NC(=O)Cc3nnc(N)s3)C2)n[nH]1. The van der Waals surface area contributed by atoms with Crippen LogP contribution in [0.1, 0.15) is 29.2 Å². The van der Waals surface area contributed by atoms with Crippen LogP contribution >= 0.6 is 11.3 Å². The molecule has 0 atom stereocenters. The molecule has 2 heterocycles. The number of nitrogens with zero attached hydrogens (tertiary/aromatic N) is 3. The molecule has 1 aliphatic rings. The second-order valence-electron chi connectivity index (χ2n) is 5.93. The van der Waals surface area contributed by atoms with Crippen LogP contribution in [0.4, 0.5) is 5.13 Å². The molecule has 10 heteroatoms. The molecule has 2 aromatic rings. The molecule has 9 nitrogen and oxygen atoms in total. The Hall–Kier alpha value is -2.49. The van der Waals surface area contributed by atoms with Gasteiger partial charge in [0.1, 0.15) is 5.01 Å². The Morgan fingerprint density at radius 2 is 1.92 bits per heavy atom. The molecule has 0 bridgehead atoms. The summed E-state index contributed by atoms with van der Waals surface area (Å²) in [6.45, 7) is 1.89. The normalized spacial score (nSPS) is 19.5. The molecule has 24 heavy (non-hydrogen) atoms. The number of amides is 2.